The van der Waals surface area contributed by atoms with Gasteiger partial charge in [0.05, 0.1) is 16.6 Å². The van der Waals surface area contributed by atoms with Crippen molar-refractivity contribution in [1.29, 1.82) is 0 Å². The minimum absolute atomic E-state index is 0.284. The second kappa shape index (κ2) is 3.30. The molecule has 0 aliphatic carbocycles. The second-order valence-corrected chi connectivity index (χ2v) is 3.47. The van der Waals surface area contributed by atoms with E-state index in [2.05, 4.69) is 19.9 Å². The van der Waals surface area contributed by atoms with Crippen LogP contribution in [0, 0.1) is 0 Å². The number of nitrogens with two attached hydrogens (primary N) is 1. The maximum absolute atomic E-state index is 5.57. The molecule has 0 saturated carbocycles. The van der Waals surface area contributed by atoms with Crippen molar-refractivity contribution in [1.82, 2.24) is 15.0 Å². The summed E-state index contributed by atoms with van der Waals surface area (Å²) in [5.74, 6) is 0.284. The number of nitrogen functional groups attached to an aromatic ring is 1. The molecule has 0 saturated heterocycles. The lowest BCUT2D eigenvalue weighted by atomic mass is 10.1. The average Bonchev–Trinajstić information content (AvgIpc) is 2.72. The summed E-state index contributed by atoms with van der Waals surface area (Å²) >= 11 is 0. The van der Waals surface area contributed by atoms with Crippen LogP contribution in [-0.4, -0.2) is 15.0 Å². The van der Waals surface area contributed by atoms with Gasteiger partial charge in [-0.2, -0.15) is 0 Å². The van der Waals surface area contributed by atoms with Crippen LogP contribution in [0.1, 0.15) is 0 Å². The number of H-pyrrole nitrogens is 2. The van der Waals surface area contributed by atoms with Crippen LogP contribution in [-0.2, 0) is 0 Å². The van der Waals surface area contributed by atoms with Crippen LogP contribution >= 0.6 is 0 Å². The molecule has 16 heavy (non-hydrogen) atoms. The number of fused-ring (bicyclic) bond motifs is 1. The quantitative estimate of drug-likeness (QED) is 0.631. The lowest BCUT2D eigenvalue weighted by molar-refractivity contribution is -0.375. The van der Waals surface area contributed by atoms with Gasteiger partial charge in [-0.05, 0) is 6.07 Å². The summed E-state index contributed by atoms with van der Waals surface area (Å²) in [7, 11) is 0. The number of aromatic nitrogens is 4. The summed E-state index contributed by atoms with van der Waals surface area (Å²) in [5, 5.41) is 1.08. The first-order chi connectivity index (χ1) is 7.84. The molecule has 5 heteroatoms. The molecule has 3 heterocycles. The molecule has 0 fully saturated rings. The molecule has 0 aliphatic rings. The first kappa shape index (κ1) is 8.84. The fourth-order valence-corrected chi connectivity index (χ4v) is 1.74. The molecule has 3 rings (SSSR count). The lowest BCUT2D eigenvalue weighted by Crippen LogP contribution is -1.98. The molecule has 0 atom stereocenters. The molecule has 78 valence electrons. The smallest absolute Gasteiger partial charge is 0.220 e. The summed E-state index contributed by atoms with van der Waals surface area (Å²) in [6.07, 6.45) is 7.37. The standard InChI is InChI=1S/C11H9N5/c12-11-14-4-2-10(16-11)8-6-15-9-1-3-13-5-7(8)9/h1-6,15H,(H2,12,14,16)/p+1. The highest BCUT2D eigenvalue weighted by atomic mass is 15.0. The van der Waals surface area contributed by atoms with Crippen molar-refractivity contribution in [2.45, 2.75) is 0 Å². The van der Waals surface area contributed by atoms with Crippen LogP contribution in [0.3, 0.4) is 0 Å². The van der Waals surface area contributed by atoms with Gasteiger partial charge in [0.2, 0.25) is 5.95 Å². The van der Waals surface area contributed by atoms with Crippen LogP contribution < -0.4 is 10.7 Å². The molecule has 0 spiro atoms. The van der Waals surface area contributed by atoms with Crippen LogP contribution in [0.2, 0.25) is 0 Å². The van der Waals surface area contributed by atoms with Gasteiger partial charge in [-0.3, -0.25) is 0 Å². The highest BCUT2D eigenvalue weighted by Crippen LogP contribution is 2.25. The highest BCUT2D eigenvalue weighted by molar-refractivity contribution is 5.93. The van der Waals surface area contributed by atoms with Gasteiger partial charge in [-0.25, -0.2) is 15.0 Å². The van der Waals surface area contributed by atoms with Crippen molar-refractivity contribution >= 4 is 16.9 Å². The van der Waals surface area contributed by atoms with E-state index in [0.717, 1.165) is 22.2 Å². The first-order valence-corrected chi connectivity index (χ1v) is 4.91. The maximum atomic E-state index is 5.57. The molecule has 0 bridgehead atoms. The number of anilines is 1. The molecule has 0 aromatic carbocycles. The Bertz CT molecular complexity index is 643. The van der Waals surface area contributed by atoms with Crippen molar-refractivity contribution in [3.05, 3.63) is 36.9 Å². The van der Waals surface area contributed by atoms with Crippen LogP contribution in [0.25, 0.3) is 22.2 Å². The number of hydrogen-bond donors (Lipinski definition) is 2. The lowest BCUT2D eigenvalue weighted by Gasteiger charge is -1.97. The summed E-state index contributed by atoms with van der Waals surface area (Å²) in [5.41, 5.74) is 8.46. The summed E-state index contributed by atoms with van der Waals surface area (Å²) < 4.78 is 0. The zero-order chi connectivity index (χ0) is 11.0. The van der Waals surface area contributed by atoms with Crippen molar-refractivity contribution in [2.24, 2.45) is 0 Å². The Morgan fingerprint density at radius 1 is 1.31 bits per heavy atom. The molecule has 0 aliphatic heterocycles. The van der Waals surface area contributed by atoms with Crippen molar-refractivity contribution < 1.29 is 4.98 Å². The Morgan fingerprint density at radius 2 is 2.25 bits per heavy atom. The zero-order valence-corrected chi connectivity index (χ0v) is 8.44. The number of rotatable bonds is 1. The normalized spacial score (nSPS) is 10.8. The van der Waals surface area contributed by atoms with Gasteiger partial charge in [0.1, 0.15) is 0 Å². The number of nitrogens with zero attached hydrogens (tertiary/aromatic N) is 2. The van der Waals surface area contributed by atoms with E-state index >= 15 is 0 Å². The van der Waals surface area contributed by atoms with Gasteiger partial charge >= 0.3 is 0 Å². The van der Waals surface area contributed by atoms with E-state index in [1.807, 2.05) is 30.7 Å². The van der Waals surface area contributed by atoms with Gasteiger partial charge in [-0.1, -0.05) is 0 Å². The fourth-order valence-electron chi connectivity index (χ4n) is 1.74. The van der Waals surface area contributed by atoms with Gasteiger partial charge in [0.25, 0.3) is 0 Å². The van der Waals surface area contributed by atoms with Gasteiger partial charge in [0, 0.05) is 24.0 Å². The monoisotopic (exact) mass is 212 g/mol. The van der Waals surface area contributed by atoms with E-state index in [0.29, 0.717) is 0 Å². The summed E-state index contributed by atoms with van der Waals surface area (Å²) in [6.45, 7) is 0. The molecule has 0 unspecified atom stereocenters. The minimum Gasteiger partial charge on any atom is -0.368 e. The second-order valence-electron chi connectivity index (χ2n) is 3.47. The molecular weight excluding hydrogens is 202 g/mol. The van der Waals surface area contributed by atoms with Crippen molar-refractivity contribution in [2.75, 3.05) is 5.73 Å². The predicted molar refractivity (Wildman–Crippen MR) is 60.3 cm³/mol. The van der Waals surface area contributed by atoms with Crippen LogP contribution in [0.15, 0.2) is 36.9 Å². The molecule has 3 aromatic rings. The van der Waals surface area contributed by atoms with E-state index in [9.17, 15) is 0 Å². The maximum Gasteiger partial charge on any atom is 0.220 e. The van der Waals surface area contributed by atoms with E-state index in [1.54, 1.807) is 6.20 Å². The van der Waals surface area contributed by atoms with E-state index < -0.39 is 0 Å². The van der Waals surface area contributed by atoms with Gasteiger partial charge in [-0.15, -0.1) is 0 Å². The number of hydrogen-bond acceptors (Lipinski definition) is 3. The Morgan fingerprint density at radius 3 is 3.12 bits per heavy atom. The third kappa shape index (κ3) is 1.30. The Kier molecular flexibility index (Phi) is 1.83. The van der Waals surface area contributed by atoms with Gasteiger partial charge < -0.3 is 10.7 Å². The molecular formula is C11H10N5+. The minimum atomic E-state index is 0.284. The molecule has 5 nitrogen and oxygen atoms in total. The van der Waals surface area contributed by atoms with Crippen LogP contribution in [0.5, 0.6) is 0 Å². The van der Waals surface area contributed by atoms with Gasteiger partial charge in [0.15, 0.2) is 12.4 Å². The largest absolute Gasteiger partial charge is 0.368 e. The Balaban J connectivity index is 2.26. The Labute approximate surface area is 91.4 Å². The average molecular weight is 212 g/mol. The van der Waals surface area contributed by atoms with E-state index in [1.165, 1.54) is 0 Å². The highest BCUT2D eigenvalue weighted by Gasteiger charge is 2.09. The number of pyridine rings is 1. The molecule has 0 amide bonds. The Hall–Kier alpha value is -2.43. The fraction of sp³-hybridized carbons (Fsp3) is 0. The first-order valence-electron chi connectivity index (χ1n) is 4.91. The summed E-state index contributed by atoms with van der Waals surface area (Å²) in [4.78, 5) is 14.3. The van der Waals surface area contributed by atoms with Crippen LogP contribution in [0.4, 0.5) is 5.95 Å². The molecule has 4 N–H and O–H groups in total. The zero-order valence-electron chi connectivity index (χ0n) is 8.44. The predicted octanol–water partition coefficient (Wildman–Crippen LogP) is 1.02. The number of nitrogens with one attached hydrogen (secondary N) is 2. The molecule has 3 aromatic heterocycles. The molecule has 0 radical (unpaired) electrons. The SMILES string of the molecule is Nc1nccc(-c2c[nH]c3cc[nH+]cc23)n1. The van der Waals surface area contributed by atoms with E-state index in [-0.39, 0.29) is 5.95 Å². The van der Waals surface area contributed by atoms with Crippen molar-refractivity contribution in [3.63, 3.8) is 0 Å². The third-order valence-electron chi connectivity index (χ3n) is 2.48. The topological polar surface area (TPSA) is 81.7 Å². The van der Waals surface area contributed by atoms with Crippen molar-refractivity contribution in [3.8, 4) is 11.3 Å². The summed E-state index contributed by atoms with van der Waals surface area (Å²) in [6, 6.07) is 3.81. The number of aromatic amines is 2. The van der Waals surface area contributed by atoms with E-state index in [4.69, 9.17) is 5.73 Å². The third-order valence-corrected chi connectivity index (χ3v) is 2.48.